The quantitative estimate of drug-likeness (QED) is 0.599. The van der Waals surface area contributed by atoms with Gasteiger partial charge in [0.05, 0.1) is 6.54 Å². The minimum absolute atomic E-state index is 0.163. The maximum Gasteiger partial charge on any atom is 0.273 e. The molecule has 0 spiro atoms. The first-order valence-electron chi connectivity index (χ1n) is 10.1. The summed E-state index contributed by atoms with van der Waals surface area (Å²) in [6.07, 6.45) is 1.43. The molecule has 1 N–H and O–H groups in total. The Bertz CT molecular complexity index is 950. The number of hydrogen-bond donors (Lipinski definition) is 1. The third-order valence-corrected chi connectivity index (χ3v) is 5.17. The van der Waals surface area contributed by atoms with Crippen LogP contribution in [0.25, 0.3) is 0 Å². The van der Waals surface area contributed by atoms with E-state index in [1.54, 1.807) is 0 Å². The molecule has 0 bridgehead atoms. The highest BCUT2D eigenvalue weighted by atomic mass is 16.3. The lowest BCUT2D eigenvalue weighted by atomic mass is 10.0. The molecule has 5 nitrogen and oxygen atoms in total. The van der Waals surface area contributed by atoms with Crippen molar-refractivity contribution in [3.8, 4) is 0 Å². The van der Waals surface area contributed by atoms with Crippen molar-refractivity contribution in [3.05, 3.63) is 88.6 Å². The van der Waals surface area contributed by atoms with Gasteiger partial charge in [-0.25, -0.2) is 4.98 Å². The van der Waals surface area contributed by atoms with Gasteiger partial charge in [0.2, 0.25) is 5.89 Å². The highest BCUT2D eigenvalue weighted by molar-refractivity contribution is 5.91. The first kappa shape index (κ1) is 20.8. The number of carbonyl (C=O) groups excluding carboxylic acids is 1. The number of nitrogens with one attached hydrogen (secondary N) is 1. The molecule has 3 rings (SSSR count). The highest BCUT2D eigenvalue weighted by Crippen LogP contribution is 2.26. The van der Waals surface area contributed by atoms with Gasteiger partial charge >= 0.3 is 0 Å². The molecule has 0 fully saturated rings. The molecule has 0 saturated carbocycles. The van der Waals surface area contributed by atoms with Gasteiger partial charge in [-0.15, -0.1) is 0 Å². The number of rotatable bonds is 8. The summed E-state index contributed by atoms with van der Waals surface area (Å²) in [6, 6.07) is 17.1. The molecule has 1 atom stereocenters. The van der Waals surface area contributed by atoms with Gasteiger partial charge in [-0.3, -0.25) is 9.69 Å². The molecular weight excluding hydrogens is 362 g/mol. The molecule has 0 radical (unpaired) electrons. The number of oxazole rings is 1. The van der Waals surface area contributed by atoms with E-state index in [2.05, 4.69) is 78.4 Å². The summed E-state index contributed by atoms with van der Waals surface area (Å²) in [4.78, 5) is 18.8. The van der Waals surface area contributed by atoms with E-state index in [0.29, 0.717) is 24.7 Å². The number of carbonyl (C=O) groups is 1. The van der Waals surface area contributed by atoms with Crippen molar-refractivity contribution in [2.75, 3.05) is 6.54 Å². The van der Waals surface area contributed by atoms with Crippen molar-refractivity contribution in [2.24, 2.45) is 0 Å². The van der Waals surface area contributed by atoms with Crippen LogP contribution in [-0.4, -0.2) is 22.3 Å². The Labute approximate surface area is 172 Å². The molecule has 5 heteroatoms. The van der Waals surface area contributed by atoms with E-state index >= 15 is 0 Å². The second-order valence-corrected chi connectivity index (χ2v) is 7.41. The lowest BCUT2D eigenvalue weighted by molar-refractivity contribution is 0.0950. The minimum atomic E-state index is -0.209. The Morgan fingerprint density at radius 1 is 1.14 bits per heavy atom. The number of aryl methyl sites for hydroxylation is 2. The van der Waals surface area contributed by atoms with Gasteiger partial charge in [-0.2, -0.15) is 0 Å². The molecule has 0 aliphatic carbocycles. The predicted molar refractivity (Wildman–Crippen MR) is 115 cm³/mol. The van der Waals surface area contributed by atoms with Crippen LogP contribution in [0.4, 0.5) is 0 Å². The van der Waals surface area contributed by atoms with Gasteiger partial charge < -0.3 is 9.73 Å². The van der Waals surface area contributed by atoms with Crippen LogP contribution >= 0.6 is 0 Å². The van der Waals surface area contributed by atoms with E-state index in [9.17, 15) is 4.79 Å². The average Bonchev–Trinajstić information content (AvgIpc) is 3.19. The zero-order valence-corrected chi connectivity index (χ0v) is 17.6. The molecule has 3 aromatic rings. The van der Waals surface area contributed by atoms with Gasteiger partial charge in [0.25, 0.3) is 5.91 Å². The van der Waals surface area contributed by atoms with Crippen LogP contribution in [0.2, 0.25) is 0 Å². The summed E-state index contributed by atoms with van der Waals surface area (Å²) in [7, 11) is 0. The lowest BCUT2D eigenvalue weighted by Gasteiger charge is -2.29. The maximum absolute atomic E-state index is 12.0. The fourth-order valence-corrected chi connectivity index (χ4v) is 3.37. The molecule has 1 aromatic heterocycles. The molecule has 1 amide bonds. The van der Waals surface area contributed by atoms with E-state index in [0.717, 1.165) is 6.54 Å². The fourth-order valence-electron chi connectivity index (χ4n) is 3.37. The first-order valence-corrected chi connectivity index (χ1v) is 10.1. The second kappa shape index (κ2) is 9.52. The van der Waals surface area contributed by atoms with E-state index in [-0.39, 0.29) is 11.9 Å². The van der Waals surface area contributed by atoms with E-state index in [1.165, 1.54) is 28.5 Å². The monoisotopic (exact) mass is 391 g/mol. The largest absolute Gasteiger partial charge is 0.447 e. The summed E-state index contributed by atoms with van der Waals surface area (Å²) in [6.45, 7) is 10.2. The van der Waals surface area contributed by atoms with Crippen molar-refractivity contribution in [1.82, 2.24) is 15.2 Å². The minimum Gasteiger partial charge on any atom is -0.447 e. The van der Waals surface area contributed by atoms with Gasteiger partial charge in [-0.05, 0) is 44.4 Å². The van der Waals surface area contributed by atoms with Crippen LogP contribution in [0, 0.1) is 13.8 Å². The standard InChI is InChI=1S/C24H29N3O2/c1-5-25-24(28)22-16-29-23(26-22)15-27(19(4)20-9-7-6-8-10-20)14-21-13-17(2)11-12-18(21)3/h6-13,16,19H,5,14-15H2,1-4H3,(H,25,28). The third-order valence-electron chi connectivity index (χ3n) is 5.17. The van der Waals surface area contributed by atoms with Crippen LogP contribution in [0.1, 0.15) is 58.5 Å². The third kappa shape index (κ3) is 5.33. The van der Waals surface area contributed by atoms with E-state index in [4.69, 9.17) is 4.42 Å². The molecule has 0 aliphatic heterocycles. The van der Waals surface area contributed by atoms with Crippen LogP contribution in [0.3, 0.4) is 0 Å². The first-order chi connectivity index (χ1) is 14.0. The number of benzene rings is 2. The molecule has 2 aromatic carbocycles. The number of hydrogen-bond acceptors (Lipinski definition) is 4. The zero-order chi connectivity index (χ0) is 20.8. The smallest absolute Gasteiger partial charge is 0.273 e. The Balaban J connectivity index is 1.86. The summed E-state index contributed by atoms with van der Waals surface area (Å²) in [5.41, 5.74) is 5.33. The van der Waals surface area contributed by atoms with Crippen molar-refractivity contribution < 1.29 is 9.21 Å². The second-order valence-electron chi connectivity index (χ2n) is 7.41. The molecule has 0 saturated heterocycles. The SMILES string of the molecule is CCNC(=O)c1coc(CN(Cc2cc(C)ccc2C)C(C)c2ccccc2)n1. The van der Waals surface area contributed by atoms with E-state index < -0.39 is 0 Å². The molecular formula is C24H29N3O2. The Morgan fingerprint density at radius 2 is 1.90 bits per heavy atom. The van der Waals surface area contributed by atoms with Gasteiger partial charge in [0.15, 0.2) is 5.69 Å². The summed E-state index contributed by atoms with van der Waals surface area (Å²) in [5, 5.41) is 2.76. The summed E-state index contributed by atoms with van der Waals surface area (Å²) < 4.78 is 5.63. The van der Waals surface area contributed by atoms with Crippen molar-refractivity contribution in [3.63, 3.8) is 0 Å². The van der Waals surface area contributed by atoms with Crippen LogP contribution in [0.5, 0.6) is 0 Å². The van der Waals surface area contributed by atoms with Gasteiger partial charge in [0, 0.05) is 19.1 Å². The summed E-state index contributed by atoms with van der Waals surface area (Å²) in [5.74, 6) is 0.332. The zero-order valence-electron chi connectivity index (χ0n) is 17.6. The number of amides is 1. The predicted octanol–water partition coefficient (Wildman–Crippen LogP) is 4.80. The molecule has 152 valence electrons. The maximum atomic E-state index is 12.0. The van der Waals surface area contributed by atoms with Crippen molar-refractivity contribution in [2.45, 2.75) is 46.8 Å². The topological polar surface area (TPSA) is 58.4 Å². The Morgan fingerprint density at radius 3 is 2.62 bits per heavy atom. The van der Waals surface area contributed by atoms with Gasteiger partial charge in [0.1, 0.15) is 6.26 Å². The normalized spacial score (nSPS) is 12.2. The van der Waals surface area contributed by atoms with Gasteiger partial charge in [-0.1, -0.05) is 54.1 Å². The van der Waals surface area contributed by atoms with Crippen LogP contribution in [-0.2, 0) is 13.1 Å². The fraction of sp³-hybridized carbons (Fsp3) is 0.333. The van der Waals surface area contributed by atoms with Crippen molar-refractivity contribution >= 4 is 5.91 Å². The average molecular weight is 392 g/mol. The lowest BCUT2D eigenvalue weighted by Crippen LogP contribution is -2.27. The number of nitrogens with zero attached hydrogens (tertiary/aromatic N) is 2. The number of aromatic nitrogens is 1. The molecule has 29 heavy (non-hydrogen) atoms. The summed E-state index contributed by atoms with van der Waals surface area (Å²) >= 11 is 0. The van der Waals surface area contributed by atoms with Crippen LogP contribution in [0.15, 0.2) is 59.2 Å². The Kier molecular flexibility index (Phi) is 6.83. The highest BCUT2D eigenvalue weighted by Gasteiger charge is 2.21. The molecule has 1 heterocycles. The molecule has 1 unspecified atom stereocenters. The van der Waals surface area contributed by atoms with Crippen LogP contribution < -0.4 is 5.32 Å². The van der Waals surface area contributed by atoms with Crippen molar-refractivity contribution in [1.29, 1.82) is 0 Å². The van der Waals surface area contributed by atoms with E-state index in [1.807, 2.05) is 13.0 Å². The Hall–Kier alpha value is -2.92. The molecule has 0 aliphatic rings.